The summed E-state index contributed by atoms with van der Waals surface area (Å²) in [5.41, 5.74) is 5.24. The molecule has 20 heavy (non-hydrogen) atoms. The van der Waals surface area contributed by atoms with Crippen LogP contribution in [0.25, 0.3) is 5.57 Å². The minimum atomic E-state index is 0.518. The highest BCUT2D eigenvalue weighted by molar-refractivity contribution is 5.65. The summed E-state index contributed by atoms with van der Waals surface area (Å²) in [6.07, 6.45) is 14.8. The van der Waals surface area contributed by atoms with E-state index >= 15 is 0 Å². The van der Waals surface area contributed by atoms with Crippen molar-refractivity contribution in [3.63, 3.8) is 0 Å². The predicted molar refractivity (Wildman–Crippen MR) is 88.6 cm³/mol. The van der Waals surface area contributed by atoms with E-state index in [1.54, 1.807) is 0 Å². The molecule has 0 amide bonds. The van der Waals surface area contributed by atoms with Crippen LogP contribution < -0.4 is 0 Å². The van der Waals surface area contributed by atoms with Crippen molar-refractivity contribution in [1.82, 2.24) is 0 Å². The van der Waals surface area contributed by atoms with Gasteiger partial charge in [0.25, 0.3) is 0 Å². The Hall–Kier alpha value is -1.48. The van der Waals surface area contributed by atoms with Gasteiger partial charge in [-0.25, -0.2) is 0 Å². The Morgan fingerprint density at radius 3 is 2.60 bits per heavy atom. The van der Waals surface area contributed by atoms with Gasteiger partial charge in [0.05, 0.1) is 0 Å². The van der Waals surface area contributed by atoms with E-state index in [2.05, 4.69) is 44.5 Å². The van der Waals surface area contributed by atoms with E-state index in [4.69, 9.17) is 6.42 Å². The SMILES string of the molecule is C#Cc1ccc(C(=C)CC2(CCC)CCCC2)cc1C. The van der Waals surface area contributed by atoms with Gasteiger partial charge < -0.3 is 0 Å². The van der Waals surface area contributed by atoms with Gasteiger partial charge >= 0.3 is 0 Å². The van der Waals surface area contributed by atoms with Crippen LogP contribution in [0.5, 0.6) is 0 Å². The molecule has 106 valence electrons. The fraction of sp³-hybridized carbons (Fsp3) is 0.500. The number of aryl methyl sites for hydroxylation is 1. The van der Waals surface area contributed by atoms with E-state index in [1.165, 1.54) is 55.2 Å². The number of hydrogen-bond acceptors (Lipinski definition) is 0. The third-order valence-corrected chi connectivity index (χ3v) is 4.82. The molecular formula is C20H26. The lowest BCUT2D eigenvalue weighted by Crippen LogP contribution is -2.16. The number of allylic oxidation sites excluding steroid dienone is 1. The maximum absolute atomic E-state index is 5.50. The van der Waals surface area contributed by atoms with E-state index in [0.717, 1.165) is 12.0 Å². The maximum atomic E-state index is 5.50. The Morgan fingerprint density at radius 2 is 2.05 bits per heavy atom. The first-order valence-electron chi connectivity index (χ1n) is 7.86. The zero-order valence-electron chi connectivity index (χ0n) is 13.0. The van der Waals surface area contributed by atoms with Crippen LogP contribution in [-0.4, -0.2) is 0 Å². The topological polar surface area (TPSA) is 0 Å². The molecule has 1 aromatic rings. The molecule has 2 rings (SSSR count). The Balaban J connectivity index is 2.15. The van der Waals surface area contributed by atoms with E-state index < -0.39 is 0 Å². The summed E-state index contributed by atoms with van der Waals surface area (Å²) in [4.78, 5) is 0. The van der Waals surface area contributed by atoms with Gasteiger partial charge in [0.2, 0.25) is 0 Å². The van der Waals surface area contributed by atoms with Gasteiger partial charge in [-0.2, -0.15) is 0 Å². The average molecular weight is 266 g/mol. The quantitative estimate of drug-likeness (QED) is 0.596. The summed E-state index contributed by atoms with van der Waals surface area (Å²) in [5, 5.41) is 0. The van der Waals surface area contributed by atoms with Crippen molar-refractivity contribution in [3.8, 4) is 12.3 Å². The molecule has 0 radical (unpaired) electrons. The third kappa shape index (κ3) is 3.15. The molecule has 1 aliphatic carbocycles. The van der Waals surface area contributed by atoms with E-state index in [1.807, 2.05) is 0 Å². The molecule has 0 aromatic heterocycles. The molecule has 0 N–H and O–H groups in total. The van der Waals surface area contributed by atoms with E-state index in [9.17, 15) is 0 Å². The summed E-state index contributed by atoms with van der Waals surface area (Å²) in [7, 11) is 0. The van der Waals surface area contributed by atoms with Crippen LogP contribution in [0.2, 0.25) is 0 Å². The first-order valence-corrected chi connectivity index (χ1v) is 7.86. The number of benzene rings is 1. The fourth-order valence-electron chi connectivity index (χ4n) is 3.77. The standard InChI is InChI=1S/C20H26/c1-5-11-20(12-7-8-13-20)15-17(4)19-10-9-18(6-2)16(3)14-19/h2,9-10,14H,4-5,7-8,11-13,15H2,1,3H3. The van der Waals surface area contributed by atoms with Crippen molar-refractivity contribution < 1.29 is 0 Å². The first-order chi connectivity index (χ1) is 9.60. The lowest BCUT2D eigenvalue weighted by Gasteiger charge is -2.30. The van der Waals surface area contributed by atoms with Crippen LogP contribution in [0.1, 0.15) is 68.6 Å². The molecule has 0 heterocycles. The molecule has 0 bridgehead atoms. The van der Waals surface area contributed by atoms with Gasteiger partial charge in [0.1, 0.15) is 0 Å². The molecule has 0 unspecified atom stereocenters. The second-order valence-electron chi connectivity index (χ2n) is 6.41. The molecule has 0 spiro atoms. The van der Waals surface area contributed by atoms with Gasteiger partial charge in [-0.15, -0.1) is 6.42 Å². The van der Waals surface area contributed by atoms with Crippen LogP contribution >= 0.6 is 0 Å². The van der Waals surface area contributed by atoms with Crippen molar-refractivity contribution in [2.75, 3.05) is 0 Å². The molecule has 1 saturated carbocycles. The summed E-state index contributed by atoms with van der Waals surface area (Å²) in [5.74, 6) is 2.73. The van der Waals surface area contributed by atoms with Crippen molar-refractivity contribution in [3.05, 3.63) is 41.5 Å². The molecule has 0 heteroatoms. The van der Waals surface area contributed by atoms with Gasteiger partial charge in [-0.1, -0.05) is 50.8 Å². The lowest BCUT2D eigenvalue weighted by atomic mass is 9.75. The smallest absolute Gasteiger partial charge is 0.0272 e. The van der Waals surface area contributed by atoms with E-state index in [-0.39, 0.29) is 0 Å². The molecule has 0 atom stereocenters. The van der Waals surface area contributed by atoms with Crippen molar-refractivity contribution >= 4 is 5.57 Å². The van der Waals surface area contributed by atoms with Gasteiger partial charge in [-0.05, 0) is 60.8 Å². The van der Waals surface area contributed by atoms with Crippen molar-refractivity contribution in [2.24, 2.45) is 5.41 Å². The summed E-state index contributed by atoms with van der Waals surface area (Å²) >= 11 is 0. The second kappa shape index (κ2) is 6.31. The number of terminal acetylenes is 1. The molecule has 0 nitrogen and oxygen atoms in total. The molecule has 0 aliphatic heterocycles. The minimum absolute atomic E-state index is 0.518. The summed E-state index contributed by atoms with van der Waals surface area (Å²) < 4.78 is 0. The Labute approximate surface area is 124 Å². The monoisotopic (exact) mass is 266 g/mol. The number of rotatable bonds is 5. The highest BCUT2D eigenvalue weighted by Crippen LogP contribution is 2.47. The van der Waals surface area contributed by atoms with Crippen LogP contribution in [0.4, 0.5) is 0 Å². The zero-order chi connectivity index (χ0) is 14.6. The van der Waals surface area contributed by atoms with Gasteiger partial charge in [-0.3, -0.25) is 0 Å². The highest BCUT2D eigenvalue weighted by Gasteiger charge is 2.33. The van der Waals surface area contributed by atoms with Crippen molar-refractivity contribution in [2.45, 2.75) is 58.8 Å². The van der Waals surface area contributed by atoms with Gasteiger partial charge in [0.15, 0.2) is 0 Å². The van der Waals surface area contributed by atoms with Crippen LogP contribution in [-0.2, 0) is 0 Å². The molecule has 1 fully saturated rings. The van der Waals surface area contributed by atoms with Crippen LogP contribution in [0.15, 0.2) is 24.8 Å². The summed E-state index contributed by atoms with van der Waals surface area (Å²) in [6, 6.07) is 6.39. The first kappa shape index (κ1) is 14.9. The van der Waals surface area contributed by atoms with Crippen LogP contribution in [0.3, 0.4) is 0 Å². The number of hydrogen-bond donors (Lipinski definition) is 0. The Bertz CT molecular complexity index is 521. The van der Waals surface area contributed by atoms with Crippen molar-refractivity contribution in [1.29, 1.82) is 0 Å². The normalized spacial score (nSPS) is 16.9. The maximum Gasteiger partial charge on any atom is 0.0272 e. The zero-order valence-corrected chi connectivity index (χ0v) is 13.0. The molecule has 0 saturated heterocycles. The van der Waals surface area contributed by atoms with Gasteiger partial charge in [0, 0.05) is 5.56 Å². The van der Waals surface area contributed by atoms with E-state index in [0.29, 0.717) is 5.41 Å². The summed E-state index contributed by atoms with van der Waals surface area (Å²) in [6.45, 7) is 8.75. The Kier molecular flexibility index (Phi) is 4.71. The molecule has 1 aliphatic rings. The minimum Gasteiger partial charge on any atom is -0.115 e. The largest absolute Gasteiger partial charge is 0.115 e. The second-order valence-corrected chi connectivity index (χ2v) is 6.41. The molecule has 1 aromatic carbocycles. The molecular weight excluding hydrogens is 240 g/mol. The lowest BCUT2D eigenvalue weighted by molar-refractivity contribution is 0.277. The van der Waals surface area contributed by atoms with Crippen LogP contribution in [0, 0.1) is 24.7 Å². The Morgan fingerprint density at radius 1 is 1.35 bits per heavy atom. The predicted octanol–water partition coefficient (Wildman–Crippen LogP) is 5.74. The fourth-order valence-corrected chi connectivity index (χ4v) is 3.77. The average Bonchev–Trinajstić information content (AvgIpc) is 2.87. The third-order valence-electron chi connectivity index (χ3n) is 4.82. The highest BCUT2D eigenvalue weighted by atomic mass is 14.4.